The van der Waals surface area contributed by atoms with Crippen molar-refractivity contribution in [2.45, 2.75) is 45.3 Å². The molecule has 7 nitrogen and oxygen atoms in total. The summed E-state index contributed by atoms with van der Waals surface area (Å²) in [7, 11) is 3.20. The predicted molar refractivity (Wildman–Crippen MR) is 129 cm³/mol. The van der Waals surface area contributed by atoms with Gasteiger partial charge in [0.25, 0.3) is 0 Å². The fourth-order valence-electron chi connectivity index (χ4n) is 4.46. The first-order valence-electron chi connectivity index (χ1n) is 11.6. The number of carbonyl (C=O) groups excluding carboxylic acids is 1. The molecule has 1 saturated heterocycles. The van der Waals surface area contributed by atoms with Crippen LogP contribution < -0.4 is 15.1 Å². The van der Waals surface area contributed by atoms with Crippen molar-refractivity contribution in [3.8, 4) is 11.5 Å². The molecule has 1 amide bonds. The van der Waals surface area contributed by atoms with Crippen LogP contribution in [0.4, 0.5) is 0 Å². The number of rotatable bonds is 9. The van der Waals surface area contributed by atoms with Gasteiger partial charge in [-0.3, -0.25) is 4.79 Å². The molecule has 2 aromatic carbocycles. The van der Waals surface area contributed by atoms with E-state index in [9.17, 15) is 9.59 Å². The van der Waals surface area contributed by atoms with Gasteiger partial charge in [0, 0.05) is 43.1 Å². The maximum Gasteiger partial charge on any atom is 0.339 e. The van der Waals surface area contributed by atoms with Crippen molar-refractivity contribution in [2.24, 2.45) is 0 Å². The maximum absolute atomic E-state index is 13.3. The molecular weight excluding hydrogens is 434 g/mol. The number of amides is 1. The molecule has 4 rings (SSSR count). The summed E-state index contributed by atoms with van der Waals surface area (Å²) < 4.78 is 21.9. The van der Waals surface area contributed by atoms with E-state index in [1.54, 1.807) is 20.3 Å². The zero-order valence-corrected chi connectivity index (χ0v) is 20.0. The minimum Gasteiger partial charge on any atom is -0.497 e. The van der Waals surface area contributed by atoms with E-state index >= 15 is 0 Å². The number of aryl methyl sites for hydroxylation is 1. The van der Waals surface area contributed by atoms with E-state index in [0.717, 1.165) is 41.7 Å². The summed E-state index contributed by atoms with van der Waals surface area (Å²) in [4.78, 5) is 27.9. The summed E-state index contributed by atoms with van der Waals surface area (Å²) in [5.74, 6) is 1.36. The van der Waals surface area contributed by atoms with Gasteiger partial charge in [-0.1, -0.05) is 12.1 Å². The Hall–Kier alpha value is -3.32. The third-order valence-corrected chi connectivity index (χ3v) is 6.39. The van der Waals surface area contributed by atoms with Crippen LogP contribution in [0.25, 0.3) is 11.0 Å². The molecule has 0 N–H and O–H groups in total. The number of benzene rings is 2. The van der Waals surface area contributed by atoms with Crippen molar-refractivity contribution < 1.29 is 23.4 Å². The first kappa shape index (κ1) is 23.8. The average molecular weight is 466 g/mol. The summed E-state index contributed by atoms with van der Waals surface area (Å²) >= 11 is 0. The minimum atomic E-state index is -0.412. The van der Waals surface area contributed by atoms with Gasteiger partial charge in [0.05, 0.1) is 20.3 Å². The molecule has 2 heterocycles. The van der Waals surface area contributed by atoms with Gasteiger partial charge in [-0.05, 0) is 61.6 Å². The monoisotopic (exact) mass is 465 g/mol. The van der Waals surface area contributed by atoms with Crippen molar-refractivity contribution in [3.63, 3.8) is 0 Å². The number of carbonyl (C=O) groups is 1. The van der Waals surface area contributed by atoms with E-state index in [0.29, 0.717) is 36.4 Å². The van der Waals surface area contributed by atoms with Crippen LogP contribution in [0.1, 0.15) is 36.0 Å². The predicted octanol–water partition coefficient (Wildman–Crippen LogP) is 4.26. The van der Waals surface area contributed by atoms with Gasteiger partial charge in [0.1, 0.15) is 17.1 Å². The molecule has 0 bridgehead atoms. The van der Waals surface area contributed by atoms with Gasteiger partial charge in [0.2, 0.25) is 5.91 Å². The Morgan fingerprint density at radius 3 is 2.65 bits per heavy atom. The molecular formula is C27H31NO6. The first-order valence-corrected chi connectivity index (χ1v) is 11.6. The lowest BCUT2D eigenvalue weighted by molar-refractivity contribution is -0.133. The van der Waals surface area contributed by atoms with E-state index < -0.39 is 5.63 Å². The van der Waals surface area contributed by atoms with Gasteiger partial charge in [-0.25, -0.2) is 4.79 Å². The summed E-state index contributed by atoms with van der Waals surface area (Å²) in [6, 6.07) is 13.1. The van der Waals surface area contributed by atoms with Gasteiger partial charge in [0.15, 0.2) is 0 Å². The molecule has 1 atom stereocenters. The summed E-state index contributed by atoms with van der Waals surface area (Å²) in [5, 5.41) is 0.843. The molecule has 3 aromatic rings. The standard InChI is InChI=1S/C27H31NO6/c1-18-23-10-9-21(32-3)15-25(23)34-27(30)24(18)11-12-26(29)28(17-22-8-5-13-33-22)16-19-6-4-7-20(14-19)31-2/h4,6-7,9-10,14-15,22H,5,8,11-13,16-17H2,1-3H3. The van der Waals surface area contributed by atoms with Crippen molar-refractivity contribution in [2.75, 3.05) is 27.4 Å². The van der Waals surface area contributed by atoms with Crippen molar-refractivity contribution >= 4 is 16.9 Å². The average Bonchev–Trinajstić information content (AvgIpc) is 3.36. The van der Waals surface area contributed by atoms with E-state index in [4.69, 9.17) is 18.6 Å². The summed E-state index contributed by atoms with van der Waals surface area (Å²) in [6.45, 7) is 3.61. The number of hydrogen-bond donors (Lipinski definition) is 0. The van der Waals surface area contributed by atoms with Crippen LogP contribution in [0.2, 0.25) is 0 Å². The molecule has 180 valence electrons. The lowest BCUT2D eigenvalue weighted by atomic mass is 10.0. The van der Waals surface area contributed by atoms with E-state index in [1.807, 2.05) is 48.2 Å². The Kier molecular flexibility index (Phi) is 7.53. The Morgan fingerprint density at radius 1 is 1.12 bits per heavy atom. The smallest absolute Gasteiger partial charge is 0.339 e. The second-order valence-electron chi connectivity index (χ2n) is 8.62. The fourth-order valence-corrected chi connectivity index (χ4v) is 4.46. The zero-order valence-electron chi connectivity index (χ0n) is 20.0. The van der Waals surface area contributed by atoms with Crippen LogP contribution in [-0.4, -0.2) is 44.3 Å². The molecule has 0 radical (unpaired) electrons. The number of ether oxygens (including phenoxy) is 3. The molecule has 0 saturated carbocycles. The molecule has 34 heavy (non-hydrogen) atoms. The number of fused-ring (bicyclic) bond motifs is 1. The van der Waals surface area contributed by atoms with E-state index in [1.165, 1.54) is 0 Å². The Morgan fingerprint density at radius 2 is 1.91 bits per heavy atom. The summed E-state index contributed by atoms with van der Waals surface area (Å²) in [5.41, 5.74) is 2.42. The highest BCUT2D eigenvalue weighted by molar-refractivity contribution is 5.83. The third kappa shape index (κ3) is 5.42. The SMILES string of the molecule is COc1cccc(CN(CC2CCCO2)C(=O)CCc2c(C)c3ccc(OC)cc3oc2=O)c1. The van der Waals surface area contributed by atoms with Crippen LogP contribution in [0, 0.1) is 6.92 Å². The van der Waals surface area contributed by atoms with Crippen molar-refractivity contribution in [1.29, 1.82) is 0 Å². The third-order valence-electron chi connectivity index (χ3n) is 6.39. The van der Waals surface area contributed by atoms with Crippen molar-refractivity contribution in [1.82, 2.24) is 4.90 Å². The van der Waals surface area contributed by atoms with Gasteiger partial charge in [-0.2, -0.15) is 0 Å². The highest BCUT2D eigenvalue weighted by Crippen LogP contribution is 2.25. The topological polar surface area (TPSA) is 78.2 Å². The molecule has 1 aromatic heterocycles. The Balaban J connectivity index is 1.52. The lowest BCUT2D eigenvalue weighted by Crippen LogP contribution is -2.37. The van der Waals surface area contributed by atoms with E-state index in [-0.39, 0.29) is 18.4 Å². The molecule has 0 spiro atoms. The number of nitrogens with zero attached hydrogens (tertiary/aromatic N) is 1. The zero-order chi connectivity index (χ0) is 24.1. The van der Waals surface area contributed by atoms with Crippen LogP contribution in [0.15, 0.2) is 51.7 Å². The minimum absolute atomic E-state index is 0.0213. The molecule has 1 fully saturated rings. The van der Waals surface area contributed by atoms with Crippen LogP contribution >= 0.6 is 0 Å². The first-order chi connectivity index (χ1) is 16.5. The van der Waals surface area contributed by atoms with Crippen LogP contribution in [-0.2, 0) is 22.5 Å². The summed E-state index contributed by atoms with van der Waals surface area (Å²) in [6.07, 6.45) is 2.52. The molecule has 1 aliphatic heterocycles. The molecule has 0 aliphatic carbocycles. The second-order valence-corrected chi connectivity index (χ2v) is 8.62. The molecule has 1 unspecified atom stereocenters. The maximum atomic E-state index is 13.3. The second kappa shape index (κ2) is 10.7. The van der Waals surface area contributed by atoms with Crippen LogP contribution in [0.5, 0.6) is 11.5 Å². The van der Waals surface area contributed by atoms with Crippen molar-refractivity contribution in [3.05, 3.63) is 69.6 Å². The van der Waals surface area contributed by atoms with Gasteiger partial charge >= 0.3 is 5.63 Å². The number of methoxy groups -OCH3 is 2. The number of hydrogen-bond acceptors (Lipinski definition) is 6. The van der Waals surface area contributed by atoms with Gasteiger partial charge < -0.3 is 23.5 Å². The Labute approximate surface area is 199 Å². The highest BCUT2D eigenvalue weighted by atomic mass is 16.5. The van der Waals surface area contributed by atoms with Crippen LogP contribution in [0.3, 0.4) is 0 Å². The normalized spacial score (nSPS) is 15.4. The largest absolute Gasteiger partial charge is 0.497 e. The van der Waals surface area contributed by atoms with E-state index in [2.05, 4.69) is 0 Å². The molecule has 7 heteroatoms. The molecule has 1 aliphatic rings. The quantitative estimate of drug-likeness (QED) is 0.440. The fraction of sp³-hybridized carbons (Fsp3) is 0.407. The Bertz CT molecular complexity index is 1210. The highest BCUT2D eigenvalue weighted by Gasteiger charge is 2.24. The van der Waals surface area contributed by atoms with Gasteiger partial charge in [-0.15, -0.1) is 0 Å². The lowest BCUT2D eigenvalue weighted by Gasteiger charge is -2.26.